The smallest absolute Gasteiger partial charge is 0.281 e. The van der Waals surface area contributed by atoms with Crippen molar-refractivity contribution in [2.45, 2.75) is 18.3 Å². The summed E-state index contributed by atoms with van der Waals surface area (Å²) in [5, 5.41) is 7.61. The third-order valence-corrected chi connectivity index (χ3v) is 6.18. The van der Waals surface area contributed by atoms with Crippen molar-refractivity contribution < 1.29 is 18.0 Å². The zero-order valence-electron chi connectivity index (χ0n) is 18.5. The van der Waals surface area contributed by atoms with Crippen LogP contribution in [0.5, 0.6) is 0 Å². The number of fused-ring (bicyclic) bond motifs is 1. The quantitative estimate of drug-likeness (QED) is 0.369. The van der Waals surface area contributed by atoms with Gasteiger partial charge in [0.1, 0.15) is 5.83 Å². The fourth-order valence-electron chi connectivity index (χ4n) is 4.67. The Kier molecular flexibility index (Phi) is 5.91. The van der Waals surface area contributed by atoms with Crippen molar-refractivity contribution in [3.05, 3.63) is 130 Å². The van der Waals surface area contributed by atoms with Crippen LogP contribution < -0.4 is 0 Å². The van der Waals surface area contributed by atoms with Gasteiger partial charge >= 0.3 is 12.3 Å². The molecule has 0 aliphatic heterocycles. The second-order valence-electron chi connectivity index (χ2n) is 8.18. The molecule has 0 unspecified atom stereocenters. The maximum absolute atomic E-state index is 15.1. The molecule has 1 N–H and O–H groups in total. The van der Waals surface area contributed by atoms with E-state index in [9.17, 15) is 13.6 Å². The first kappa shape index (κ1) is 22.5. The Labute approximate surface area is 199 Å². The van der Waals surface area contributed by atoms with E-state index in [0.717, 1.165) is 16.7 Å². The van der Waals surface area contributed by atoms with E-state index < -0.39 is 23.6 Å². The Hall–Kier alpha value is -4.26. The molecule has 1 heterocycles. The fourth-order valence-corrected chi connectivity index (χ4v) is 4.67. The zero-order chi connectivity index (χ0) is 24.4. The van der Waals surface area contributed by atoms with Crippen LogP contribution in [0.3, 0.4) is 0 Å². The second-order valence-corrected chi connectivity index (χ2v) is 8.18. The normalized spacial score (nSPS) is 14.6. The lowest BCUT2D eigenvalue weighted by atomic mass is 9.66. The Balaban J connectivity index is 1.79. The number of hydrogen-bond acceptors (Lipinski definition) is 2. The van der Waals surface area contributed by atoms with E-state index in [2.05, 4.69) is 15.2 Å². The molecule has 4 nitrogen and oxygen atoms in total. The van der Waals surface area contributed by atoms with Crippen molar-refractivity contribution in [3.8, 4) is 0 Å². The largest absolute Gasteiger partial charge is 0.317 e. The first-order chi connectivity index (χ1) is 17.0. The number of hydrogen-bond donors (Lipinski definition) is 1. The van der Waals surface area contributed by atoms with Crippen LogP contribution in [0.1, 0.15) is 33.6 Å². The number of aliphatic imine (C=N–C) groups is 1. The molecule has 0 radical (unpaired) electrons. The summed E-state index contributed by atoms with van der Waals surface area (Å²) < 4.78 is 40.5. The molecular formula is C28H20F3N3O. The van der Waals surface area contributed by atoms with Crippen LogP contribution in [-0.2, 0) is 16.6 Å². The number of benzene rings is 3. The highest BCUT2D eigenvalue weighted by Crippen LogP contribution is 2.47. The Morgan fingerprint density at radius 3 is 1.80 bits per heavy atom. The highest BCUT2D eigenvalue weighted by molar-refractivity contribution is 6.10. The Morgan fingerprint density at radius 1 is 0.857 bits per heavy atom. The molecule has 7 heteroatoms. The molecule has 4 aromatic rings. The number of H-pyrrole nitrogens is 1. The number of rotatable bonds is 5. The van der Waals surface area contributed by atoms with Gasteiger partial charge in [-0.15, -0.1) is 0 Å². The standard InChI is InChI=1S/C28H20F3N3O/c29-22-16-21-23(17-24(22)32-27(35)26(30)31)33-34-25(21)28(18-10-4-1-5-11-18,19-12-6-2-7-13-19)20-14-8-3-9-15-20/h1-16,26H,17H2,(H,33,34). The summed E-state index contributed by atoms with van der Waals surface area (Å²) in [5.41, 5.74) is 3.08. The van der Waals surface area contributed by atoms with Crippen molar-refractivity contribution in [3.63, 3.8) is 0 Å². The summed E-state index contributed by atoms with van der Waals surface area (Å²) >= 11 is 0. The van der Waals surface area contributed by atoms with Crippen molar-refractivity contribution >= 4 is 17.7 Å². The van der Waals surface area contributed by atoms with Gasteiger partial charge in [0.15, 0.2) is 0 Å². The van der Waals surface area contributed by atoms with Gasteiger partial charge in [0.2, 0.25) is 0 Å². The molecule has 3 aromatic carbocycles. The van der Waals surface area contributed by atoms with Gasteiger partial charge in [0, 0.05) is 17.7 Å². The molecule has 1 aromatic heterocycles. The zero-order valence-corrected chi connectivity index (χ0v) is 18.5. The van der Waals surface area contributed by atoms with Crippen LogP contribution in [-0.4, -0.2) is 28.2 Å². The predicted molar refractivity (Wildman–Crippen MR) is 128 cm³/mol. The van der Waals surface area contributed by atoms with Gasteiger partial charge in [-0.3, -0.25) is 9.89 Å². The van der Waals surface area contributed by atoms with Gasteiger partial charge < -0.3 is 0 Å². The molecule has 1 aliphatic carbocycles. The van der Waals surface area contributed by atoms with Gasteiger partial charge in [-0.1, -0.05) is 91.0 Å². The van der Waals surface area contributed by atoms with E-state index in [-0.39, 0.29) is 12.1 Å². The number of nitrogens with zero attached hydrogens (tertiary/aromatic N) is 2. The van der Waals surface area contributed by atoms with Crippen LogP contribution in [0.15, 0.2) is 102 Å². The lowest BCUT2D eigenvalue weighted by molar-refractivity contribution is -0.128. The van der Waals surface area contributed by atoms with Gasteiger partial charge in [0.05, 0.1) is 16.8 Å². The molecule has 35 heavy (non-hydrogen) atoms. The van der Waals surface area contributed by atoms with Crippen LogP contribution in [0.4, 0.5) is 13.2 Å². The summed E-state index contributed by atoms with van der Waals surface area (Å²) in [7, 11) is 0. The van der Waals surface area contributed by atoms with Gasteiger partial charge in [-0.05, 0) is 22.8 Å². The van der Waals surface area contributed by atoms with Crippen molar-refractivity contribution in [2.24, 2.45) is 4.99 Å². The maximum Gasteiger partial charge on any atom is 0.317 e. The van der Waals surface area contributed by atoms with Crippen LogP contribution in [0, 0.1) is 0 Å². The molecule has 0 saturated heterocycles. The summed E-state index contributed by atoms with van der Waals surface area (Å²) in [5.74, 6) is -2.50. The highest BCUT2D eigenvalue weighted by atomic mass is 19.3. The summed E-state index contributed by atoms with van der Waals surface area (Å²) in [4.78, 5) is 14.7. The average molecular weight is 471 g/mol. The number of aromatic nitrogens is 2. The van der Waals surface area contributed by atoms with E-state index in [1.807, 2.05) is 91.0 Å². The second kappa shape index (κ2) is 9.18. The fraction of sp³-hybridized carbons (Fsp3) is 0.107. The number of amides is 1. The highest BCUT2D eigenvalue weighted by Gasteiger charge is 2.43. The van der Waals surface area contributed by atoms with E-state index in [1.165, 1.54) is 6.08 Å². The van der Waals surface area contributed by atoms with E-state index >= 15 is 4.39 Å². The van der Waals surface area contributed by atoms with Crippen molar-refractivity contribution in [2.75, 3.05) is 0 Å². The summed E-state index contributed by atoms with van der Waals surface area (Å²) in [6.07, 6.45) is -2.23. The SMILES string of the molecule is O=C(N=C1Cc2[nH]nc(C(c3ccccc3)(c3ccccc3)c3ccccc3)c2C=C1F)C(F)F. The number of alkyl halides is 2. The number of aromatic amines is 1. The molecule has 0 fully saturated rings. The number of halogens is 3. The van der Waals surface area contributed by atoms with Crippen LogP contribution in [0.2, 0.25) is 0 Å². The van der Waals surface area contributed by atoms with Crippen LogP contribution >= 0.6 is 0 Å². The Bertz CT molecular complexity index is 1320. The molecule has 0 bridgehead atoms. The van der Waals surface area contributed by atoms with E-state index in [1.54, 1.807) is 0 Å². The minimum absolute atomic E-state index is 0.155. The van der Waals surface area contributed by atoms with Gasteiger partial charge in [-0.25, -0.2) is 9.38 Å². The molecule has 1 aliphatic rings. The first-order valence-corrected chi connectivity index (χ1v) is 11.0. The summed E-state index contributed by atoms with van der Waals surface area (Å²) in [6.45, 7) is 0. The topological polar surface area (TPSA) is 58.1 Å². The maximum atomic E-state index is 15.1. The molecular weight excluding hydrogens is 451 g/mol. The van der Waals surface area contributed by atoms with Crippen molar-refractivity contribution in [1.82, 2.24) is 10.2 Å². The molecule has 0 atom stereocenters. The molecule has 0 saturated carbocycles. The van der Waals surface area contributed by atoms with Gasteiger partial charge in [0.25, 0.3) is 0 Å². The number of carbonyl (C=O) groups is 1. The van der Waals surface area contributed by atoms with Crippen LogP contribution in [0.25, 0.3) is 6.08 Å². The number of carbonyl (C=O) groups excluding carboxylic acids is 1. The third kappa shape index (κ3) is 3.89. The molecule has 0 spiro atoms. The van der Waals surface area contributed by atoms with Gasteiger partial charge in [-0.2, -0.15) is 13.9 Å². The monoisotopic (exact) mass is 471 g/mol. The predicted octanol–water partition coefficient (Wildman–Crippen LogP) is 5.89. The Morgan fingerprint density at radius 2 is 1.34 bits per heavy atom. The number of nitrogens with one attached hydrogen (secondary N) is 1. The number of allylic oxidation sites excluding steroid dienone is 1. The van der Waals surface area contributed by atoms with Crippen molar-refractivity contribution in [1.29, 1.82) is 0 Å². The minimum Gasteiger partial charge on any atom is -0.281 e. The molecule has 5 rings (SSSR count). The van der Waals surface area contributed by atoms with E-state index in [0.29, 0.717) is 17.0 Å². The lowest BCUT2D eigenvalue weighted by Gasteiger charge is -2.35. The summed E-state index contributed by atoms with van der Waals surface area (Å²) in [6, 6.07) is 29.4. The molecule has 1 amide bonds. The average Bonchev–Trinajstić information content (AvgIpc) is 3.29. The minimum atomic E-state index is -3.30. The lowest BCUT2D eigenvalue weighted by Crippen LogP contribution is -2.32. The molecule has 174 valence electrons. The first-order valence-electron chi connectivity index (χ1n) is 11.0. The van der Waals surface area contributed by atoms with E-state index in [4.69, 9.17) is 0 Å². The third-order valence-electron chi connectivity index (χ3n) is 6.18.